The zero-order valence-corrected chi connectivity index (χ0v) is 8.69. The molecule has 1 rings (SSSR count). The Morgan fingerprint density at radius 3 is 3.00 bits per heavy atom. The van der Waals surface area contributed by atoms with Crippen LogP contribution >= 0.6 is 0 Å². The predicted octanol–water partition coefficient (Wildman–Crippen LogP) is 2.41. The summed E-state index contributed by atoms with van der Waals surface area (Å²) in [4.78, 5) is 22.8. The molecule has 15 heavy (non-hydrogen) atoms. The van der Waals surface area contributed by atoms with Crippen LogP contribution in [0.25, 0.3) is 0 Å². The highest BCUT2D eigenvalue weighted by molar-refractivity contribution is 5.84. The zero-order valence-electron chi connectivity index (χ0n) is 12.7. The number of allylic oxidation sites excluding steroid dienone is 2. The van der Waals surface area contributed by atoms with E-state index in [0.29, 0.717) is 0 Å². The first-order valence-electron chi connectivity index (χ1n) is 7.07. The van der Waals surface area contributed by atoms with Gasteiger partial charge in [-0.1, -0.05) is 19.1 Å². The number of hydrogen-bond acceptors (Lipinski definition) is 2. The van der Waals surface area contributed by atoms with Crippen LogP contribution in [0.3, 0.4) is 0 Å². The summed E-state index contributed by atoms with van der Waals surface area (Å²) in [5.74, 6) is -4.09. The summed E-state index contributed by atoms with van der Waals surface area (Å²) in [6.07, 6.45) is -1.19. The van der Waals surface area contributed by atoms with E-state index < -0.39 is 42.8 Å². The maximum Gasteiger partial charge on any atom is 0.303 e. The second-order valence-electron chi connectivity index (χ2n) is 3.56. The third kappa shape index (κ3) is 3.50. The topological polar surface area (TPSA) is 54.4 Å². The Morgan fingerprint density at radius 2 is 2.40 bits per heavy atom. The Morgan fingerprint density at radius 1 is 1.67 bits per heavy atom. The van der Waals surface area contributed by atoms with Gasteiger partial charge >= 0.3 is 5.97 Å². The molecular formula is C12H18O3. The Labute approximate surface area is 95.8 Å². The van der Waals surface area contributed by atoms with Crippen molar-refractivity contribution in [2.24, 2.45) is 11.8 Å². The lowest BCUT2D eigenvalue weighted by Crippen LogP contribution is -2.17. The zero-order chi connectivity index (χ0) is 14.8. The van der Waals surface area contributed by atoms with Gasteiger partial charge in [-0.2, -0.15) is 0 Å². The fourth-order valence-corrected chi connectivity index (χ4v) is 1.60. The third-order valence-electron chi connectivity index (χ3n) is 2.39. The average Bonchev–Trinajstić information content (AvgIpc) is 2.41. The first kappa shape index (κ1) is 7.20. The lowest BCUT2D eigenvalue weighted by Gasteiger charge is -2.14. The molecule has 1 aliphatic rings. The molecule has 84 valence electrons. The molecule has 0 saturated heterocycles. The quantitative estimate of drug-likeness (QED) is 0.715. The first-order chi connectivity index (χ1) is 8.66. The van der Waals surface area contributed by atoms with E-state index in [1.165, 1.54) is 0 Å². The van der Waals surface area contributed by atoms with Gasteiger partial charge in [0.05, 0.1) is 0 Å². The maximum atomic E-state index is 12.0. The highest BCUT2D eigenvalue weighted by Gasteiger charge is 2.34. The van der Waals surface area contributed by atoms with Crippen LogP contribution in [0.2, 0.25) is 0 Å². The Hall–Kier alpha value is -1.12. The average molecular weight is 214 g/mol. The lowest BCUT2D eigenvalue weighted by molar-refractivity contribution is -0.138. The van der Waals surface area contributed by atoms with Gasteiger partial charge in [-0.3, -0.25) is 9.59 Å². The highest BCUT2D eigenvalue weighted by Crippen LogP contribution is 2.33. The monoisotopic (exact) mass is 214 g/mol. The number of rotatable bonds is 5. The molecule has 2 atom stereocenters. The molecule has 0 heterocycles. The molecular weight excluding hydrogens is 192 g/mol. The Kier molecular flexibility index (Phi) is 2.73. The lowest BCUT2D eigenvalue weighted by atomic mass is 9.89. The molecule has 0 aromatic carbocycles. The van der Waals surface area contributed by atoms with Crippen molar-refractivity contribution in [3.8, 4) is 0 Å². The summed E-state index contributed by atoms with van der Waals surface area (Å²) in [5.41, 5.74) is 0. The van der Waals surface area contributed by atoms with E-state index in [9.17, 15) is 9.59 Å². The number of aliphatic carboxylic acids is 1. The van der Waals surface area contributed by atoms with E-state index in [1.54, 1.807) is 12.2 Å². The number of carbonyl (C=O) groups excluding carboxylic acids is 1. The molecule has 0 aromatic rings. The smallest absolute Gasteiger partial charge is 0.303 e. The number of ketones is 1. The third-order valence-corrected chi connectivity index (χ3v) is 2.39. The van der Waals surface area contributed by atoms with E-state index in [1.807, 2.05) is 6.92 Å². The minimum Gasteiger partial charge on any atom is -0.481 e. The summed E-state index contributed by atoms with van der Waals surface area (Å²) < 4.78 is 30.7. The van der Waals surface area contributed by atoms with Gasteiger partial charge in [0.1, 0.15) is 5.78 Å². The largest absolute Gasteiger partial charge is 0.481 e. The molecule has 1 fully saturated rings. The number of carboxylic acid groups (broad SMARTS) is 1. The van der Waals surface area contributed by atoms with Gasteiger partial charge < -0.3 is 5.11 Å². The minimum absolute atomic E-state index is 0.184. The summed E-state index contributed by atoms with van der Waals surface area (Å²) >= 11 is 0. The normalized spacial score (nSPS) is 37.0. The Balaban J connectivity index is 3.07. The number of carbonyl (C=O) groups is 2. The Bertz CT molecular complexity index is 404. The molecule has 3 nitrogen and oxygen atoms in total. The van der Waals surface area contributed by atoms with Crippen molar-refractivity contribution < 1.29 is 20.2 Å². The van der Waals surface area contributed by atoms with E-state index in [-0.39, 0.29) is 6.42 Å². The molecule has 0 amide bonds. The molecule has 1 aliphatic carbocycles. The predicted molar refractivity (Wildman–Crippen MR) is 57.5 cm³/mol. The van der Waals surface area contributed by atoms with Crippen LogP contribution in [0.4, 0.5) is 0 Å². The van der Waals surface area contributed by atoms with Gasteiger partial charge in [0, 0.05) is 24.2 Å². The number of Topliss-reactive ketones (excluding diaryl/α,β-unsaturated/α-hetero) is 1. The van der Waals surface area contributed by atoms with Crippen LogP contribution in [0, 0.1) is 11.8 Å². The second-order valence-corrected chi connectivity index (χ2v) is 3.56. The van der Waals surface area contributed by atoms with Crippen molar-refractivity contribution in [3.63, 3.8) is 0 Å². The van der Waals surface area contributed by atoms with Crippen molar-refractivity contribution in [1.29, 1.82) is 0 Å². The van der Waals surface area contributed by atoms with Crippen LogP contribution in [-0.2, 0) is 9.59 Å². The highest BCUT2D eigenvalue weighted by atomic mass is 16.4. The summed E-state index contributed by atoms with van der Waals surface area (Å²) in [6, 6.07) is 0. The number of carboxylic acids is 1. The molecule has 0 radical (unpaired) electrons. The fourth-order valence-electron chi connectivity index (χ4n) is 1.60. The summed E-state index contributed by atoms with van der Waals surface area (Å²) in [5, 5.41) is 8.83. The van der Waals surface area contributed by atoms with Crippen LogP contribution in [0.15, 0.2) is 12.2 Å². The fraction of sp³-hybridized carbons (Fsp3) is 0.667. The van der Waals surface area contributed by atoms with Gasteiger partial charge in [-0.05, 0) is 25.1 Å². The molecule has 0 aliphatic heterocycles. The van der Waals surface area contributed by atoms with Crippen molar-refractivity contribution in [1.82, 2.24) is 0 Å². The standard InChI is InChI=1S/C12H18O3/c1-2-3-4-5-10-9(8-12(14)15)6-7-11(10)13/h3-4,9-10H,2,5-8H2,1H3,(H,14,15)/b4-3-/i6D2,7D2. The molecule has 1 saturated carbocycles. The van der Waals surface area contributed by atoms with Crippen LogP contribution < -0.4 is 0 Å². The van der Waals surface area contributed by atoms with Crippen molar-refractivity contribution in [2.45, 2.75) is 38.9 Å². The van der Waals surface area contributed by atoms with E-state index in [2.05, 4.69) is 0 Å². The van der Waals surface area contributed by atoms with Crippen LogP contribution in [0.1, 0.15) is 44.4 Å². The first-order valence-corrected chi connectivity index (χ1v) is 5.07. The summed E-state index contributed by atoms with van der Waals surface area (Å²) in [7, 11) is 0. The molecule has 0 spiro atoms. The molecule has 0 bridgehead atoms. The second kappa shape index (κ2) is 5.69. The summed E-state index contributed by atoms with van der Waals surface area (Å²) in [6.45, 7) is 1.90. The van der Waals surface area contributed by atoms with E-state index in [4.69, 9.17) is 10.6 Å². The van der Waals surface area contributed by atoms with E-state index >= 15 is 0 Å². The van der Waals surface area contributed by atoms with Crippen LogP contribution in [-0.4, -0.2) is 16.9 Å². The van der Waals surface area contributed by atoms with Crippen LogP contribution in [0.5, 0.6) is 0 Å². The molecule has 1 N–H and O–H groups in total. The van der Waals surface area contributed by atoms with Gasteiger partial charge in [-0.15, -0.1) is 0 Å². The SMILES string of the molecule is [2H]C1([2H])C(=O)C(C/C=C\CC)C(CC(=O)O)C1([2H])[2H]. The minimum atomic E-state index is -2.63. The van der Waals surface area contributed by atoms with Crippen molar-refractivity contribution in [2.75, 3.05) is 0 Å². The van der Waals surface area contributed by atoms with Gasteiger partial charge in [0.15, 0.2) is 0 Å². The van der Waals surface area contributed by atoms with Crippen molar-refractivity contribution in [3.05, 3.63) is 12.2 Å². The van der Waals surface area contributed by atoms with Crippen molar-refractivity contribution >= 4 is 11.8 Å². The van der Waals surface area contributed by atoms with Gasteiger partial charge in [0.2, 0.25) is 0 Å². The van der Waals surface area contributed by atoms with Gasteiger partial charge in [0.25, 0.3) is 0 Å². The number of hydrogen-bond donors (Lipinski definition) is 1. The van der Waals surface area contributed by atoms with E-state index in [0.717, 1.165) is 6.42 Å². The molecule has 0 aromatic heterocycles. The maximum absolute atomic E-state index is 12.0. The molecule has 2 unspecified atom stereocenters. The molecule has 3 heteroatoms. The van der Waals surface area contributed by atoms with Gasteiger partial charge in [-0.25, -0.2) is 0 Å².